The van der Waals surface area contributed by atoms with E-state index in [0.717, 1.165) is 35.6 Å². The van der Waals surface area contributed by atoms with Gasteiger partial charge in [0.1, 0.15) is 5.82 Å². The molecule has 1 amide bonds. The third kappa shape index (κ3) is 4.80. The molecule has 22 heavy (non-hydrogen) atoms. The smallest absolute Gasteiger partial charge is 0.407 e. The lowest BCUT2D eigenvalue weighted by Crippen LogP contribution is -2.27. The normalized spacial score (nSPS) is 10.4. The maximum atomic E-state index is 11.4. The van der Waals surface area contributed by atoms with E-state index in [1.807, 2.05) is 30.5 Å². The number of nitrogens with zero attached hydrogens (tertiary/aromatic N) is 1. The van der Waals surface area contributed by atoms with Crippen LogP contribution in [0.5, 0.6) is 0 Å². The highest BCUT2D eigenvalue weighted by atomic mass is 16.5. The number of aromatic nitrogens is 2. The number of ether oxygens (including phenoxy) is 1. The number of imidazole rings is 1. The van der Waals surface area contributed by atoms with E-state index in [4.69, 9.17) is 10.5 Å². The zero-order chi connectivity index (χ0) is 15.8. The van der Waals surface area contributed by atoms with Gasteiger partial charge in [0, 0.05) is 30.4 Å². The number of unbranched alkanes of at least 4 members (excludes halogenated alkanes) is 1. The fourth-order valence-electron chi connectivity index (χ4n) is 1.93. The standard InChI is InChI=1S/C16H22N4O2/c1-2-3-10-22-16(21)18-9-8-15-19-11-14(20-15)12-4-6-13(17)7-5-12/h4-7,11H,2-3,8-10,17H2,1H3,(H,18,21)(H,19,20). The number of carbonyl (C=O) groups excluding carboxylic acids is 1. The number of alkyl carbamates (subject to hydrolysis) is 1. The average molecular weight is 302 g/mol. The zero-order valence-electron chi connectivity index (χ0n) is 12.8. The number of hydrogen-bond acceptors (Lipinski definition) is 4. The first-order chi connectivity index (χ1) is 10.7. The number of anilines is 1. The average Bonchev–Trinajstić information content (AvgIpc) is 2.97. The highest BCUT2D eigenvalue weighted by Gasteiger charge is 2.05. The molecule has 0 bridgehead atoms. The predicted molar refractivity (Wildman–Crippen MR) is 86.4 cm³/mol. The number of amides is 1. The highest BCUT2D eigenvalue weighted by molar-refractivity contribution is 5.67. The molecule has 0 radical (unpaired) electrons. The van der Waals surface area contributed by atoms with Crippen molar-refractivity contribution in [3.63, 3.8) is 0 Å². The van der Waals surface area contributed by atoms with Crippen molar-refractivity contribution in [3.8, 4) is 11.3 Å². The summed E-state index contributed by atoms with van der Waals surface area (Å²) in [4.78, 5) is 19.0. The van der Waals surface area contributed by atoms with Gasteiger partial charge in [0.2, 0.25) is 0 Å². The summed E-state index contributed by atoms with van der Waals surface area (Å²) in [5.41, 5.74) is 8.26. The third-order valence-electron chi connectivity index (χ3n) is 3.20. The Kier molecular flexibility index (Phi) is 5.82. The Morgan fingerprint density at radius 2 is 2.14 bits per heavy atom. The Bertz CT molecular complexity index is 592. The van der Waals surface area contributed by atoms with Gasteiger partial charge in [0.15, 0.2) is 0 Å². The predicted octanol–water partition coefficient (Wildman–Crippen LogP) is 2.73. The molecule has 4 N–H and O–H groups in total. The number of carbonyl (C=O) groups is 1. The van der Waals surface area contributed by atoms with Gasteiger partial charge in [-0.3, -0.25) is 0 Å². The van der Waals surface area contributed by atoms with E-state index in [1.165, 1.54) is 0 Å². The van der Waals surface area contributed by atoms with Gasteiger partial charge in [-0.2, -0.15) is 0 Å². The van der Waals surface area contributed by atoms with Crippen LogP contribution in [0.3, 0.4) is 0 Å². The number of nitrogen functional groups attached to an aromatic ring is 1. The van der Waals surface area contributed by atoms with Crippen molar-refractivity contribution in [1.82, 2.24) is 15.3 Å². The minimum absolute atomic E-state index is 0.376. The third-order valence-corrected chi connectivity index (χ3v) is 3.20. The number of nitrogens with one attached hydrogen (secondary N) is 2. The topological polar surface area (TPSA) is 93.0 Å². The van der Waals surface area contributed by atoms with Crippen molar-refractivity contribution in [2.75, 3.05) is 18.9 Å². The summed E-state index contributed by atoms with van der Waals surface area (Å²) in [5.74, 6) is 0.820. The van der Waals surface area contributed by atoms with Crippen molar-refractivity contribution in [1.29, 1.82) is 0 Å². The monoisotopic (exact) mass is 302 g/mol. The number of benzene rings is 1. The SMILES string of the molecule is CCCCOC(=O)NCCc1nc(-c2ccc(N)cc2)c[nH]1. The van der Waals surface area contributed by atoms with Gasteiger partial charge >= 0.3 is 6.09 Å². The molecule has 0 fully saturated rings. The molecule has 118 valence electrons. The Labute approximate surface area is 130 Å². The second-order valence-electron chi connectivity index (χ2n) is 5.02. The Morgan fingerprint density at radius 1 is 1.36 bits per heavy atom. The minimum atomic E-state index is -0.376. The molecule has 6 heteroatoms. The van der Waals surface area contributed by atoms with Crippen molar-refractivity contribution < 1.29 is 9.53 Å². The second kappa shape index (κ2) is 8.07. The summed E-state index contributed by atoms with van der Waals surface area (Å²) in [7, 11) is 0. The lowest BCUT2D eigenvalue weighted by Gasteiger charge is -2.05. The number of rotatable bonds is 7. The Hall–Kier alpha value is -2.50. The van der Waals surface area contributed by atoms with Crippen molar-refractivity contribution in [2.24, 2.45) is 0 Å². The van der Waals surface area contributed by atoms with Crippen LogP contribution in [0.4, 0.5) is 10.5 Å². The quantitative estimate of drug-likeness (QED) is 0.541. The molecule has 2 rings (SSSR count). The molecule has 6 nitrogen and oxygen atoms in total. The largest absolute Gasteiger partial charge is 0.450 e. The van der Waals surface area contributed by atoms with Crippen LogP contribution in [0, 0.1) is 0 Å². The zero-order valence-corrected chi connectivity index (χ0v) is 12.8. The Morgan fingerprint density at radius 3 is 2.86 bits per heavy atom. The van der Waals surface area contributed by atoms with Crippen LogP contribution < -0.4 is 11.1 Å². The molecule has 0 spiro atoms. The van der Waals surface area contributed by atoms with Gasteiger partial charge in [-0.15, -0.1) is 0 Å². The summed E-state index contributed by atoms with van der Waals surface area (Å²) < 4.78 is 5.01. The molecule has 0 saturated heterocycles. The molecular formula is C16H22N4O2. The molecule has 1 heterocycles. The van der Waals surface area contributed by atoms with Crippen LogP contribution in [0.2, 0.25) is 0 Å². The molecule has 1 aromatic carbocycles. The van der Waals surface area contributed by atoms with Crippen molar-refractivity contribution in [2.45, 2.75) is 26.2 Å². The molecule has 0 atom stereocenters. The number of hydrogen-bond donors (Lipinski definition) is 3. The summed E-state index contributed by atoms with van der Waals surface area (Å²) in [6, 6.07) is 7.55. The van der Waals surface area contributed by atoms with Gasteiger partial charge in [0.05, 0.1) is 12.3 Å². The van der Waals surface area contributed by atoms with Gasteiger partial charge in [-0.1, -0.05) is 25.5 Å². The van der Waals surface area contributed by atoms with Crippen LogP contribution in [0.15, 0.2) is 30.5 Å². The molecule has 0 aliphatic heterocycles. The molecule has 0 unspecified atom stereocenters. The van der Waals surface area contributed by atoms with Crippen LogP contribution in [0.1, 0.15) is 25.6 Å². The number of H-pyrrole nitrogens is 1. The van der Waals surface area contributed by atoms with E-state index in [2.05, 4.69) is 22.2 Å². The number of nitrogens with two attached hydrogens (primary N) is 1. The van der Waals surface area contributed by atoms with E-state index < -0.39 is 0 Å². The van der Waals surface area contributed by atoms with Crippen molar-refractivity contribution in [3.05, 3.63) is 36.3 Å². The highest BCUT2D eigenvalue weighted by Crippen LogP contribution is 2.18. The van der Waals surface area contributed by atoms with Crippen LogP contribution in [0.25, 0.3) is 11.3 Å². The van der Waals surface area contributed by atoms with Crippen LogP contribution in [-0.2, 0) is 11.2 Å². The van der Waals surface area contributed by atoms with Crippen LogP contribution >= 0.6 is 0 Å². The Balaban J connectivity index is 1.78. The maximum absolute atomic E-state index is 11.4. The summed E-state index contributed by atoms with van der Waals surface area (Å²) in [6.45, 7) is 3.00. The van der Waals surface area contributed by atoms with E-state index in [1.54, 1.807) is 0 Å². The molecule has 1 aromatic heterocycles. The summed E-state index contributed by atoms with van der Waals surface area (Å²) in [5, 5.41) is 2.71. The second-order valence-corrected chi connectivity index (χ2v) is 5.02. The number of aromatic amines is 1. The molecule has 2 aromatic rings. The lowest BCUT2D eigenvalue weighted by atomic mass is 10.1. The molecule has 0 saturated carbocycles. The first-order valence-corrected chi connectivity index (χ1v) is 7.50. The van der Waals surface area contributed by atoms with E-state index in [9.17, 15) is 4.79 Å². The summed E-state index contributed by atoms with van der Waals surface area (Å²) in [6.07, 6.45) is 3.99. The van der Waals surface area contributed by atoms with E-state index in [0.29, 0.717) is 19.6 Å². The van der Waals surface area contributed by atoms with Gasteiger partial charge < -0.3 is 20.8 Å². The van der Waals surface area contributed by atoms with Crippen LogP contribution in [-0.4, -0.2) is 29.2 Å². The first-order valence-electron chi connectivity index (χ1n) is 7.50. The van der Waals surface area contributed by atoms with Gasteiger partial charge in [-0.05, 0) is 18.6 Å². The van der Waals surface area contributed by atoms with Gasteiger partial charge in [0.25, 0.3) is 0 Å². The van der Waals surface area contributed by atoms with E-state index >= 15 is 0 Å². The molecule has 0 aliphatic rings. The molecular weight excluding hydrogens is 280 g/mol. The lowest BCUT2D eigenvalue weighted by molar-refractivity contribution is 0.144. The summed E-state index contributed by atoms with van der Waals surface area (Å²) >= 11 is 0. The van der Waals surface area contributed by atoms with Crippen molar-refractivity contribution >= 4 is 11.8 Å². The fourth-order valence-corrected chi connectivity index (χ4v) is 1.93. The van der Waals surface area contributed by atoms with Gasteiger partial charge in [-0.25, -0.2) is 9.78 Å². The maximum Gasteiger partial charge on any atom is 0.407 e. The fraction of sp³-hybridized carbons (Fsp3) is 0.375. The molecule has 0 aliphatic carbocycles. The van der Waals surface area contributed by atoms with E-state index in [-0.39, 0.29) is 6.09 Å². The first kappa shape index (κ1) is 15.9. The minimum Gasteiger partial charge on any atom is -0.450 e.